The van der Waals surface area contributed by atoms with E-state index in [0.29, 0.717) is 5.02 Å². The minimum Gasteiger partial charge on any atom is -0.384 e. The molecule has 0 saturated heterocycles. The van der Waals surface area contributed by atoms with E-state index in [0.717, 1.165) is 31.9 Å². The Morgan fingerprint density at radius 1 is 0.952 bits per heavy atom. The van der Waals surface area contributed by atoms with E-state index >= 15 is 0 Å². The summed E-state index contributed by atoms with van der Waals surface area (Å²) in [4.78, 5) is 0. The number of rotatable bonds is 2. The van der Waals surface area contributed by atoms with Gasteiger partial charge >= 0.3 is 0 Å². The van der Waals surface area contributed by atoms with Crippen LogP contribution in [0.1, 0.15) is 22.8 Å². The van der Waals surface area contributed by atoms with Crippen molar-refractivity contribution in [3.63, 3.8) is 0 Å². The zero-order valence-corrected chi connectivity index (χ0v) is 13.8. The van der Waals surface area contributed by atoms with Crippen LogP contribution in [0.3, 0.4) is 0 Å². The van der Waals surface area contributed by atoms with Crippen molar-refractivity contribution in [2.75, 3.05) is 0 Å². The first kappa shape index (κ1) is 14.6. The lowest BCUT2D eigenvalue weighted by atomic mass is 9.95. The number of hydrogen-bond donors (Lipinski definition) is 1. The van der Waals surface area contributed by atoms with Gasteiger partial charge in [0.05, 0.1) is 0 Å². The van der Waals surface area contributed by atoms with Gasteiger partial charge in [-0.15, -0.1) is 0 Å². The first-order valence-corrected chi connectivity index (χ1v) is 7.86. The van der Waals surface area contributed by atoms with E-state index in [2.05, 4.69) is 15.9 Å². The van der Waals surface area contributed by atoms with Crippen molar-refractivity contribution in [3.05, 3.63) is 80.8 Å². The standard InChI is InChI=1S/C18H14BrClO/c1-11-6-8-16(19)15(10-11)18(21)14-7-9-17(20)13-5-3-2-4-12(13)14/h2-10,18,21H,1H3. The van der Waals surface area contributed by atoms with Gasteiger partial charge in [0.15, 0.2) is 0 Å². The predicted octanol–water partition coefficient (Wildman–Crippen LogP) is 5.65. The van der Waals surface area contributed by atoms with Crippen molar-refractivity contribution < 1.29 is 5.11 Å². The van der Waals surface area contributed by atoms with Gasteiger partial charge in [-0.2, -0.15) is 0 Å². The van der Waals surface area contributed by atoms with Crippen molar-refractivity contribution in [3.8, 4) is 0 Å². The van der Waals surface area contributed by atoms with Crippen LogP contribution in [-0.4, -0.2) is 5.11 Å². The van der Waals surface area contributed by atoms with E-state index < -0.39 is 6.10 Å². The van der Waals surface area contributed by atoms with Gasteiger partial charge in [0.25, 0.3) is 0 Å². The van der Waals surface area contributed by atoms with Gasteiger partial charge in [0, 0.05) is 14.9 Å². The molecule has 0 saturated carbocycles. The number of halogens is 2. The second kappa shape index (κ2) is 5.80. The Balaban J connectivity index is 2.20. The predicted molar refractivity (Wildman–Crippen MR) is 91.9 cm³/mol. The zero-order valence-electron chi connectivity index (χ0n) is 11.5. The Hall–Kier alpha value is -1.35. The molecule has 0 radical (unpaired) electrons. The van der Waals surface area contributed by atoms with Crippen LogP contribution in [0.25, 0.3) is 10.8 Å². The van der Waals surface area contributed by atoms with Crippen molar-refractivity contribution in [1.82, 2.24) is 0 Å². The molecule has 3 aromatic carbocycles. The van der Waals surface area contributed by atoms with Crippen LogP contribution in [0.15, 0.2) is 59.1 Å². The van der Waals surface area contributed by atoms with E-state index in [1.807, 2.05) is 61.5 Å². The van der Waals surface area contributed by atoms with E-state index in [-0.39, 0.29) is 0 Å². The van der Waals surface area contributed by atoms with E-state index in [1.54, 1.807) is 0 Å². The molecule has 0 aliphatic carbocycles. The largest absolute Gasteiger partial charge is 0.384 e. The summed E-state index contributed by atoms with van der Waals surface area (Å²) in [7, 11) is 0. The Kier molecular flexibility index (Phi) is 4.03. The lowest BCUT2D eigenvalue weighted by Crippen LogP contribution is -2.02. The third kappa shape index (κ3) is 2.71. The summed E-state index contributed by atoms with van der Waals surface area (Å²) in [6, 6.07) is 17.6. The van der Waals surface area contributed by atoms with Crippen LogP contribution in [-0.2, 0) is 0 Å². The fraction of sp³-hybridized carbons (Fsp3) is 0.111. The molecular formula is C18H14BrClO. The smallest absolute Gasteiger partial charge is 0.106 e. The van der Waals surface area contributed by atoms with Crippen LogP contribution in [0, 0.1) is 6.92 Å². The first-order chi connectivity index (χ1) is 10.1. The third-order valence-electron chi connectivity index (χ3n) is 3.65. The molecule has 1 nitrogen and oxygen atoms in total. The fourth-order valence-electron chi connectivity index (χ4n) is 2.56. The maximum absolute atomic E-state index is 10.8. The summed E-state index contributed by atoms with van der Waals surface area (Å²) in [5.41, 5.74) is 2.84. The molecule has 1 N–H and O–H groups in total. The van der Waals surface area contributed by atoms with E-state index in [9.17, 15) is 5.11 Å². The molecular weight excluding hydrogens is 348 g/mol. The Morgan fingerprint density at radius 2 is 1.67 bits per heavy atom. The summed E-state index contributed by atoms with van der Waals surface area (Å²) >= 11 is 9.77. The average molecular weight is 362 g/mol. The number of fused-ring (bicyclic) bond motifs is 1. The average Bonchev–Trinajstić information content (AvgIpc) is 2.50. The lowest BCUT2D eigenvalue weighted by Gasteiger charge is -2.17. The van der Waals surface area contributed by atoms with E-state index in [4.69, 9.17) is 11.6 Å². The number of aryl methyl sites for hydroxylation is 1. The molecule has 1 unspecified atom stereocenters. The highest BCUT2D eigenvalue weighted by atomic mass is 79.9. The molecule has 1 atom stereocenters. The molecule has 3 aromatic rings. The number of aliphatic hydroxyl groups excluding tert-OH is 1. The molecule has 0 aromatic heterocycles. The number of hydrogen-bond acceptors (Lipinski definition) is 1. The van der Waals surface area contributed by atoms with Crippen LogP contribution in [0.2, 0.25) is 5.02 Å². The molecule has 3 heteroatoms. The van der Waals surface area contributed by atoms with Gasteiger partial charge in [0.2, 0.25) is 0 Å². The summed E-state index contributed by atoms with van der Waals surface area (Å²) in [6.45, 7) is 2.02. The van der Waals surface area contributed by atoms with Crippen molar-refractivity contribution in [2.24, 2.45) is 0 Å². The third-order valence-corrected chi connectivity index (χ3v) is 4.70. The maximum Gasteiger partial charge on any atom is 0.106 e. The highest BCUT2D eigenvalue weighted by molar-refractivity contribution is 9.10. The van der Waals surface area contributed by atoms with Crippen molar-refractivity contribution in [1.29, 1.82) is 0 Å². The number of benzene rings is 3. The fourth-order valence-corrected chi connectivity index (χ4v) is 3.26. The normalized spacial score (nSPS) is 12.6. The molecule has 0 aliphatic heterocycles. The summed E-state index contributed by atoms with van der Waals surface area (Å²) in [5.74, 6) is 0. The zero-order chi connectivity index (χ0) is 15.0. The Labute approximate surface area is 137 Å². The van der Waals surface area contributed by atoms with Crippen LogP contribution < -0.4 is 0 Å². The van der Waals surface area contributed by atoms with Gasteiger partial charge in [-0.05, 0) is 35.6 Å². The minimum absolute atomic E-state index is 0.693. The number of aliphatic hydroxyl groups is 1. The first-order valence-electron chi connectivity index (χ1n) is 6.69. The second-order valence-electron chi connectivity index (χ2n) is 5.11. The van der Waals surface area contributed by atoms with Gasteiger partial charge in [-0.1, -0.05) is 75.6 Å². The molecule has 0 aliphatic rings. The molecule has 0 amide bonds. The van der Waals surface area contributed by atoms with Crippen molar-refractivity contribution >= 4 is 38.3 Å². The molecule has 0 heterocycles. The quantitative estimate of drug-likeness (QED) is 0.625. The molecule has 106 valence electrons. The monoisotopic (exact) mass is 360 g/mol. The second-order valence-corrected chi connectivity index (χ2v) is 6.37. The highest BCUT2D eigenvalue weighted by Gasteiger charge is 2.17. The molecule has 3 rings (SSSR count). The molecule has 21 heavy (non-hydrogen) atoms. The maximum atomic E-state index is 10.8. The Bertz CT molecular complexity index is 813. The summed E-state index contributed by atoms with van der Waals surface area (Å²) in [5, 5.41) is 13.4. The lowest BCUT2D eigenvalue weighted by molar-refractivity contribution is 0.221. The van der Waals surface area contributed by atoms with Crippen molar-refractivity contribution in [2.45, 2.75) is 13.0 Å². The van der Waals surface area contributed by atoms with Gasteiger partial charge in [-0.3, -0.25) is 0 Å². The van der Waals surface area contributed by atoms with Crippen LogP contribution in [0.4, 0.5) is 0 Å². The minimum atomic E-state index is -0.693. The van der Waals surface area contributed by atoms with Gasteiger partial charge < -0.3 is 5.11 Å². The van der Waals surface area contributed by atoms with E-state index in [1.165, 1.54) is 0 Å². The highest BCUT2D eigenvalue weighted by Crippen LogP contribution is 2.35. The SMILES string of the molecule is Cc1ccc(Br)c(C(O)c2ccc(Cl)c3ccccc23)c1. The molecule has 0 bridgehead atoms. The topological polar surface area (TPSA) is 20.2 Å². The summed E-state index contributed by atoms with van der Waals surface area (Å²) in [6.07, 6.45) is -0.693. The summed E-state index contributed by atoms with van der Waals surface area (Å²) < 4.78 is 0.902. The van der Waals surface area contributed by atoms with Gasteiger partial charge in [0.1, 0.15) is 6.10 Å². The Morgan fingerprint density at radius 3 is 2.43 bits per heavy atom. The van der Waals surface area contributed by atoms with Crippen LogP contribution >= 0.6 is 27.5 Å². The van der Waals surface area contributed by atoms with Gasteiger partial charge in [-0.25, -0.2) is 0 Å². The van der Waals surface area contributed by atoms with Crippen LogP contribution in [0.5, 0.6) is 0 Å². The molecule has 0 spiro atoms. The molecule has 0 fully saturated rings.